The predicted molar refractivity (Wildman–Crippen MR) is 112 cm³/mol. The second-order valence-electron chi connectivity index (χ2n) is 6.71. The van der Waals surface area contributed by atoms with Crippen LogP contribution in [-0.4, -0.2) is 35.4 Å². The molecule has 0 aliphatic heterocycles. The van der Waals surface area contributed by atoms with Gasteiger partial charge in [0.25, 0.3) is 5.91 Å². The molecule has 0 saturated heterocycles. The zero-order chi connectivity index (χ0) is 20.7. The Bertz CT molecular complexity index is 810. The van der Waals surface area contributed by atoms with E-state index in [-0.39, 0.29) is 31.0 Å². The van der Waals surface area contributed by atoms with Crippen molar-refractivity contribution in [3.63, 3.8) is 0 Å². The summed E-state index contributed by atoms with van der Waals surface area (Å²) in [6.45, 7) is 5.47. The predicted octanol–water partition coefficient (Wildman–Crippen LogP) is 4.31. The molecule has 0 aliphatic carbocycles. The van der Waals surface area contributed by atoms with E-state index in [4.69, 9.17) is 27.9 Å². The molecule has 2 amide bonds. The molecule has 1 atom stereocenters. The Morgan fingerprint density at radius 2 is 1.68 bits per heavy atom. The number of nitrogens with zero attached hydrogens (tertiary/aromatic N) is 1. The van der Waals surface area contributed by atoms with Gasteiger partial charge in [0.1, 0.15) is 11.8 Å². The van der Waals surface area contributed by atoms with Crippen LogP contribution in [0, 0.1) is 0 Å². The van der Waals surface area contributed by atoms with Crippen LogP contribution in [0.25, 0.3) is 0 Å². The van der Waals surface area contributed by atoms with Gasteiger partial charge in [-0.1, -0.05) is 47.5 Å². The second kappa shape index (κ2) is 10.3. The highest BCUT2D eigenvalue weighted by molar-refractivity contribution is 6.32. The summed E-state index contributed by atoms with van der Waals surface area (Å²) in [7, 11) is 0. The molecule has 0 aromatic heterocycles. The highest BCUT2D eigenvalue weighted by Gasteiger charge is 2.27. The second-order valence-corrected chi connectivity index (χ2v) is 7.55. The molecule has 0 aliphatic rings. The molecule has 0 fully saturated rings. The van der Waals surface area contributed by atoms with Gasteiger partial charge in [0, 0.05) is 17.6 Å². The first kappa shape index (κ1) is 22.1. The zero-order valence-electron chi connectivity index (χ0n) is 16.1. The number of hydrogen-bond acceptors (Lipinski definition) is 3. The van der Waals surface area contributed by atoms with Crippen LogP contribution in [0.3, 0.4) is 0 Å². The number of nitrogens with one attached hydrogen (secondary N) is 1. The Kier molecular flexibility index (Phi) is 8.15. The molecule has 0 heterocycles. The fourth-order valence-electron chi connectivity index (χ4n) is 2.56. The van der Waals surface area contributed by atoms with Crippen LogP contribution in [0.2, 0.25) is 10.0 Å². The number of carbonyl (C=O) groups excluding carboxylic acids is 2. The van der Waals surface area contributed by atoms with Gasteiger partial charge in [0.15, 0.2) is 6.61 Å². The highest BCUT2D eigenvalue weighted by atomic mass is 35.5. The fourth-order valence-corrected chi connectivity index (χ4v) is 2.87. The van der Waals surface area contributed by atoms with Crippen molar-refractivity contribution in [2.75, 3.05) is 6.61 Å². The first-order chi connectivity index (χ1) is 13.3. The highest BCUT2D eigenvalue weighted by Crippen LogP contribution is 2.23. The van der Waals surface area contributed by atoms with E-state index in [1.807, 2.05) is 26.0 Å². The monoisotopic (exact) mass is 422 g/mol. The lowest BCUT2D eigenvalue weighted by Crippen LogP contribution is -2.50. The van der Waals surface area contributed by atoms with Crippen molar-refractivity contribution in [2.45, 2.75) is 39.4 Å². The molecule has 2 rings (SSSR count). The molecule has 5 nitrogen and oxygen atoms in total. The van der Waals surface area contributed by atoms with Crippen LogP contribution >= 0.6 is 23.2 Å². The van der Waals surface area contributed by atoms with E-state index in [0.717, 1.165) is 5.56 Å². The van der Waals surface area contributed by atoms with Crippen molar-refractivity contribution in [2.24, 2.45) is 0 Å². The minimum Gasteiger partial charge on any atom is -0.482 e. The SMILES string of the molecule is CC(C)NC(=O)[C@H](C)N(Cc1ccc(Cl)cc1)C(=O)COc1ccccc1Cl. The Hall–Kier alpha value is -2.24. The maximum atomic E-state index is 12.9. The van der Waals surface area contributed by atoms with Gasteiger partial charge in [-0.2, -0.15) is 0 Å². The van der Waals surface area contributed by atoms with E-state index in [1.54, 1.807) is 43.3 Å². The summed E-state index contributed by atoms with van der Waals surface area (Å²) in [6, 6.07) is 13.4. The van der Waals surface area contributed by atoms with Crippen molar-refractivity contribution >= 4 is 35.0 Å². The van der Waals surface area contributed by atoms with E-state index in [9.17, 15) is 9.59 Å². The van der Waals surface area contributed by atoms with E-state index >= 15 is 0 Å². The van der Waals surface area contributed by atoms with E-state index in [0.29, 0.717) is 15.8 Å². The van der Waals surface area contributed by atoms with Gasteiger partial charge >= 0.3 is 0 Å². The van der Waals surface area contributed by atoms with Crippen molar-refractivity contribution in [1.29, 1.82) is 0 Å². The molecule has 28 heavy (non-hydrogen) atoms. The number of para-hydroxylation sites is 1. The average molecular weight is 423 g/mol. The number of halogens is 2. The Morgan fingerprint density at radius 1 is 1.04 bits per heavy atom. The molecular formula is C21H24Cl2N2O3. The van der Waals surface area contributed by atoms with Crippen LogP contribution in [-0.2, 0) is 16.1 Å². The third kappa shape index (κ3) is 6.43. The average Bonchev–Trinajstić information content (AvgIpc) is 2.65. The topological polar surface area (TPSA) is 58.6 Å². The lowest BCUT2D eigenvalue weighted by atomic mass is 10.1. The van der Waals surface area contributed by atoms with E-state index in [1.165, 1.54) is 4.90 Å². The first-order valence-corrected chi connectivity index (χ1v) is 9.75. The molecule has 2 aromatic carbocycles. The zero-order valence-corrected chi connectivity index (χ0v) is 17.6. The molecule has 150 valence electrons. The van der Waals surface area contributed by atoms with E-state index in [2.05, 4.69) is 5.32 Å². The minimum atomic E-state index is -0.666. The molecule has 1 N–H and O–H groups in total. The Balaban J connectivity index is 2.15. The van der Waals surface area contributed by atoms with Crippen LogP contribution < -0.4 is 10.1 Å². The summed E-state index contributed by atoms with van der Waals surface area (Å²) in [4.78, 5) is 26.9. The summed E-state index contributed by atoms with van der Waals surface area (Å²) in [5.41, 5.74) is 0.861. The molecule has 0 saturated carbocycles. The molecule has 2 aromatic rings. The van der Waals surface area contributed by atoms with Gasteiger partial charge in [-0.25, -0.2) is 0 Å². The molecule has 7 heteroatoms. The third-order valence-electron chi connectivity index (χ3n) is 4.05. The van der Waals surface area contributed by atoms with Crippen molar-refractivity contribution in [1.82, 2.24) is 10.2 Å². The molecule has 0 unspecified atom stereocenters. The van der Waals surface area contributed by atoms with Gasteiger partial charge in [0.05, 0.1) is 5.02 Å². The van der Waals surface area contributed by atoms with Crippen molar-refractivity contribution in [3.8, 4) is 5.75 Å². The van der Waals surface area contributed by atoms with Gasteiger partial charge in [-0.15, -0.1) is 0 Å². The standard InChI is InChI=1S/C21H24Cl2N2O3/c1-14(2)24-21(27)15(3)25(12-16-8-10-17(22)11-9-16)20(26)13-28-19-7-5-4-6-18(19)23/h4-11,14-15H,12-13H2,1-3H3,(H,24,27)/t15-/m0/s1. The lowest BCUT2D eigenvalue weighted by molar-refractivity contribution is -0.142. The Morgan fingerprint density at radius 3 is 2.29 bits per heavy atom. The van der Waals surface area contributed by atoms with Crippen molar-refractivity contribution < 1.29 is 14.3 Å². The maximum absolute atomic E-state index is 12.9. The summed E-state index contributed by atoms with van der Waals surface area (Å²) < 4.78 is 5.57. The van der Waals surface area contributed by atoms with Crippen molar-refractivity contribution in [3.05, 3.63) is 64.1 Å². The smallest absolute Gasteiger partial charge is 0.261 e. The van der Waals surface area contributed by atoms with Crippen LogP contribution in [0.15, 0.2) is 48.5 Å². The van der Waals surface area contributed by atoms with Crippen LogP contribution in [0.4, 0.5) is 0 Å². The number of hydrogen-bond donors (Lipinski definition) is 1. The molecule has 0 spiro atoms. The van der Waals surface area contributed by atoms with Gasteiger partial charge in [0.2, 0.25) is 5.91 Å². The van der Waals surface area contributed by atoms with Crippen LogP contribution in [0.5, 0.6) is 5.75 Å². The third-order valence-corrected chi connectivity index (χ3v) is 4.62. The van der Waals surface area contributed by atoms with Gasteiger partial charge in [-0.3, -0.25) is 9.59 Å². The summed E-state index contributed by atoms with van der Waals surface area (Å²) in [5, 5.41) is 3.87. The lowest BCUT2D eigenvalue weighted by Gasteiger charge is -2.29. The van der Waals surface area contributed by atoms with Gasteiger partial charge in [-0.05, 0) is 50.6 Å². The summed E-state index contributed by atoms with van der Waals surface area (Å²) in [6.07, 6.45) is 0. The van der Waals surface area contributed by atoms with Crippen LogP contribution in [0.1, 0.15) is 26.3 Å². The molecule has 0 bridgehead atoms. The number of rotatable bonds is 8. The number of amides is 2. The number of ether oxygens (including phenoxy) is 1. The maximum Gasteiger partial charge on any atom is 0.261 e. The first-order valence-electron chi connectivity index (χ1n) is 8.99. The molecule has 0 radical (unpaired) electrons. The number of benzene rings is 2. The minimum absolute atomic E-state index is 0.0261. The number of carbonyl (C=O) groups is 2. The Labute approximate surface area is 175 Å². The molecular weight excluding hydrogens is 399 g/mol. The largest absolute Gasteiger partial charge is 0.482 e. The van der Waals surface area contributed by atoms with E-state index < -0.39 is 6.04 Å². The summed E-state index contributed by atoms with van der Waals surface area (Å²) in [5.74, 6) is -0.125. The van der Waals surface area contributed by atoms with Gasteiger partial charge < -0.3 is 15.0 Å². The summed E-state index contributed by atoms with van der Waals surface area (Å²) >= 11 is 12.0. The quantitative estimate of drug-likeness (QED) is 0.688. The fraction of sp³-hybridized carbons (Fsp3) is 0.333. The normalized spacial score (nSPS) is 11.8.